The molecule has 2 atom stereocenters. The molecule has 0 N–H and O–H groups in total. The van der Waals surface area contributed by atoms with Gasteiger partial charge in [0, 0.05) is 26.6 Å². The van der Waals surface area contributed by atoms with Gasteiger partial charge in [-0.05, 0) is 72.1 Å². The molecule has 3 fully saturated rings. The topological polar surface area (TPSA) is 118 Å². The Morgan fingerprint density at radius 3 is 2.19 bits per heavy atom. The average molecular weight is 520 g/mol. The van der Waals surface area contributed by atoms with Crippen molar-refractivity contribution in [1.82, 2.24) is 24.9 Å². The van der Waals surface area contributed by atoms with Crippen molar-refractivity contribution < 1.29 is 28.3 Å². The summed E-state index contributed by atoms with van der Waals surface area (Å²) in [5.74, 6) is 1.09. The Balaban J connectivity index is 1.48. The normalized spacial score (nSPS) is 23.5. The molecule has 4 rings (SSSR count). The first kappa shape index (κ1) is 27.2. The highest BCUT2D eigenvalue weighted by atomic mass is 16.6. The Morgan fingerprint density at radius 2 is 1.65 bits per heavy atom. The van der Waals surface area contributed by atoms with E-state index in [4.69, 9.17) is 13.9 Å². The van der Waals surface area contributed by atoms with Gasteiger partial charge >= 0.3 is 12.2 Å². The molecule has 1 spiro atoms. The molecule has 1 saturated carbocycles. The molecule has 3 aliphatic rings. The van der Waals surface area contributed by atoms with Gasteiger partial charge in [0.2, 0.25) is 17.7 Å². The quantitative estimate of drug-likeness (QED) is 0.582. The second-order valence-corrected chi connectivity index (χ2v) is 12.8. The Kier molecular flexibility index (Phi) is 6.96. The van der Waals surface area contributed by atoms with Crippen LogP contribution in [-0.4, -0.2) is 79.9 Å². The summed E-state index contributed by atoms with van der Waals surface area (Å²) in [6.45, 7) is 16.0. The fraction of sp³-hybridized carbons (Fsp3) is 0.808. The van der Waals surface area contributed by atoms with Crippen LogP contribution >= 0.6 is 0 Å². The van der Waals surface area contributed by atoms with Gasteiger partial charge in [-0.25, -0.2) is 9.59 Å². The van der Waals surface area contributed by atoms with Crippen LogP contribution in [0.3, 0.4) is 0 Å². The second kappa shape index (κ2) is 9.47. The molecular weight excluding hydrogens is 478 g/mol. The van der Waals surface area contributed by atoms with Gasteiger partial charge in [0.05, 0.1) is 6.04 Å². The first-order valence-electron chi connectivity index (χ1n) is 13.1. The van der Waals surface area contributed by atoms with E-state index in [0.29, 0.717) is 31.4 Å². The minimum absolute atomic E-state index is 0.0146. The number of carbonyl (C=O) groups is 3. The number of piperidine rings is 1. The van der Waals surface area contributed by atoms with Crippen molar-refractivity contribution in [3.05, 3.63) is 11.8 Å². The molecule has 1 aliphatic carbocycles. The van der Waals surface area contributed by atoms with Crippen LogP contribution < -0.4 is 0 Å². The molecule has 2 saturated heterocycles. The van der Waals surface area contributed by atoms with Crippen LogP contribution in [0, 0.1) is 11.3 Å². The molecule has 0 radical (unpaired) electrons. The molecule has 0 unspecified atom stereocenters. The van der Waals surface area contributed by atoms with Crippen molar-refractivity contribution in [3.63, 3.8) is 0 Å². The fourth-order valence-electron chi connectivity index (χ4n) is 5.14. The van der Waals surface area contributed by atoms with Gasteiger partial charge in [-0.3, -0.25) is 9.69 Å². The van der Waals surface area contributed by atoms with Crippen molar-refractivity contribution in [2.45, 2.75) is 104 Å². The van der Waals surface area contributed by atoms with Crippen molar-refractivity contribution in [2.24, 2.45) is 11.3 Å². The van der Waals surface area contributed by atoms with Crippen LogP contribution in [0.15, 0.2) is 4.42 Å². The smallest absolute Gasteiger partial charge is 0.411 e. The highest BCUT2D eigenvalue weighted by Crippen LogP contribution is 2.60. The molecule has 3 amide bonds. The molecule has 0 aromatic carbocycles. The molecule has 206 valence electrons. The number of ether oxygens (including phenoxy) is 2. The van der Waals surface area contributed by atoms with E-state index in [1.54, 1.807) is 32.6 Å². The zero-order chi connectivity index (χ0) is 27.3. The monoisotopic (exact) mass is 519 g/mol. The van der Waals surface area contributed by atoms with Crippen molar-refractivity contribution >= 4 is 18.1 Å². The second-order valence-electron chi connectivity index (χ2n) is 12.8. The SMILES string of the molecule is CC(=O)N1C[C@H](C)C2(CC2)C[C@H]1c1nnc(CN(C(=O)OC(C)(C)C)C2CN(C(=O)OC(C)(C)C)C2)o1. The van der Waals surface area contributed by atoms with Crippen molar-refractivity contribution in [2.75, 3.05) is 19.6 Å². The maximum absolute atomic E-state index is 13.1. The van der Waals surface area contributed by atoms with E-state index in [0.717, 1.165) is 19.3 Å². The zero-order valence-corrected chi connectivity index (χ0v) is 23.4. The predicted octanol–water partition coefficient (Wildman–Crippen LogP) is 4.14. The highest BCUT2D eigenvalue weighted by Gasteiger charge is 2.54. The number of hydrogen-bond acceptors (Lipinski definition) is 8. The van der Waals surface area contributed by atoms with Crippen LogP contribution in [0.5, 0.6) is 0 Å². The molecule has 11 nitrogen and oxygen atoms in total. The van der Waals surface area contributed by atoms with E-state index in [-0.39, 0.29) is 35.8 Å². The third-order valence-corrected chi connectivity index (χ3v) is 7.44. The van der Waals surface area contributed by atoms with E-state index in [1.165, 1.54) is 4.90 Å². The first-order chi connectivity index (χ1) is 17.1. The summed E-state index contributed by atoms with van der Waals surface area (Å²) >= 11 is 0. The fourth-order valence-corrected chi connectivity index (χ4v) is 5.14. The summed E-state index contributed by atoms with van der Waals surface area (Å²) < 4.78 is 17.1. The zero-order valence-electron chi connectivity index (χ0n) is 23.4. The van der Waals surface area contributed by atoms with E-state index in [9.17, 15) is 14.4 Å². The number of hydrogen-bond donors (Lipinski definition) is 0. The Morgan fingerprint density at radius 1 is 1.03 bits per heavy atom. The standard InChI is InChI=1S/C26H41N5O6/c1-16-12-30(17(2)32)19(11-26(16)9-10-26)21-28-27-20(35-21)15-31(23(34)37-25(6,7)8)18-13-29(14-18)22(33)36-24(3,4)5/h16,18-19H,9-15H2,1-8H3/t16-,19-/m0/s1. The summed E-state index contributed by atoms with van der Waals surface area (Å²) in [5.41, 5.74) is -1.05. The summed E-state index contributed by atoms with van der Waals surface area (Å²) in [6.07, 6.45) is 2.17. The van der Waals surface area contributed by atoms with E-state index >= 15 is 0 Å². The Labute approximate surface area is 218 Å². The Hall–Kier alpha value is -2.85. The number of amides is 3. The van der Waals surface area contributed by atoms with E-state index in [1.807, 2.05) is 25.7 Å². The first-order valence-corrected chi connectivity index (χ1v) is 13.1. The van der Waals surface area contributed by atoms with Gasteiger partial charge in [-0.1, -0.05) is 6.92 Å². The van der Waals surface area contributed by atoms with Crippen molar-refractivity contribution in [3.8, 4) is 0 Å². The molecule has 37 heavy (non-hydrogen) atoms. The summed E-state index contributed by atoms with van der Waals surface area (Å²) in [4.78, 5) is 42.8. The average Bonchev–Trinajstić information content (AvgIpc) is 3.33. The molecule has 0 bridgehead atoms. The maximum Gasteiger partial charge on any atom is 0.411 e. The van der Waals surface area contributed by atoms with Gasteiger partial charge in [0.25, 0.3) is 0 Å². The molecule has 11 heteroatoms. The van der Waals surface area contributed by atoms with Gasteiger partial charge < -0.3 is 23.7 Å². The lowest BCUT2D eigenvalue weighted by Gasteiger charge is -2.44. The Bertz CT molecular complexity index is 1030. The molecule has 1 aromatic heterocycles. The number of nitrogens with zero attached hydrogens (tertiary/aromatic N) is 5. The lowest BCUT2D eigenvalue weighted by molar-refractivity contribution is -0.136. The largest absolute Gasteiger partial charge is 0.444 e. The third-order valence-electron chi connectivity index (χ3n) is 7.44. The highest BCUT2D eigenvalue weighted by molar-refractivity contribution is 5.74. The molecule has 1 aromatic rings. The van der Waals surface area contributed by atoms with E-state index < -0.39 is 23.4 Å². The molecule has 2 aliphatic heterocycles. The number of carbonyl (C=O) groups excluding carboxylic acids is 3. The van der Waals surface area contributed by atoms with Gasteiger partial charge in [-0.2, -0.15) is 0 Å². The van der Waals surface area contributed by atoms with Gasteiger partial charge in [-0.15, -0.1) is 10.2 Å². The van der Waals surface area contributed by atoms with Crippen LogP contribution in [0.4, 0.5) is 9.59 Å². The maximum atomic E-state index is 13.1. The van der Waals surface area contributed by atoms with Crippen molar-refractivity contribution in [1.29, 1.82) is 0 Å². The van der Waals surface area contributed by atoms with Gasteiger partial charge in [0.1, 0.15) is 23.8 Å². The predicted molar refractivity (Wildman–Crippen MR) is 133 cm³/mol. The van der Waals surface area contributed by atoms with Crippen LogP contribution in [-0.2, 0) is 20.8 Å². The summed E-state index contributed by atoms with van der Waals surface area (Å²) in [7, 11) is 0. The molecule has 3 heterocycles. The number of rotatable bonds is 4. The lowest BCUT2D eigenvalue weighted by atomic mass is 9.79. The van der Waals surface area contributed by atoms with Crippen LogP contribution in [0.2, 0.25) is 0 Å². The van der Waals surface area contributed by atoms with Crippen LogP contribution in [0.25, 0.3) is 0 Å². The van der Waals surface area contributed by atoms with Gasteiger partial charge in [0.15, 0.2) is 0 Å². The minimum Gasteiger partial charge on any atom is -0.444 e. The lowest BCUT2D eigenvalue weighted by Crippen LogP contribution is -2.63. The molecular formula is C26H41N5O6. The number of likely N-dealkylation sites (tertiary alicyclic amines) is 2. The number of aromatic nitrogens is 2. The van der Waals surface area contributed by atoms with E-state index in [2.05, 4.69) is 17.1 Å². The summed E-state index contributed by atoms with van der Waals surface area (Å²) in [6, 6.07) is -0.546. The summed E-state index contributed by atoms with van der Waals surface area (Å²) in [5, 5.41) is 8.52. The third kappa shape index (κ3) is 6.18. The van der Waals surface area contributed by atoms with Crippen LogP contribution in [0.1, 0.15) is 92.5 Å². The minimum atomic E-state index is -0.691.